The van der Waals surface area contributed by atoms with Crippen molar-refractivity contribution < 1.29 is 24.1 Å². The lowest BCUT2D eigenvalue weighted by atomic mass is 9.99. The van der Waals surface area contributed by atoms with Crippen LogP contribution < -0.4 is 15.5 Å². The zero-order chi connectivity index (χ0) is 18.7. The van der Waals surface area contributed by atoms with E-state index in [1.807, 2.05) is 0 Å². The second-order valence-corrected chi connectivity index (χ2v) is 6.09. The highest BCUT2D eigenvalue weighted by molar-refractivity contribution is 6.31. The lowest BCUT2D eigenvalue weighted by Gasteiger charge is -2.30. The van der Waals surface area contributed by atoms with E-state index in [9.17, 15) is 14.4 Å². The van der Waals surface area contributed by atoms with Crippen molar-refractivity contribution in [2.45, 2.75) is 13.5 Å². The molecule has 1 aliphatic rings. The maximum atomic E-state index is 12.9. The van der Waals surface area contributed by atoms with Gasteiger partial charge in [0.1, 0.15) is 12.2 Å². The maximum absolute atomic E-state index is 12.9. The van der Waals surface area contributed by atoms with Crippen molar-refractivity contribution in [3.63, 3.8) is 0 Å². The van der Waals surface area contributed by atoms with Crippen LogP contribution >= 0.6 is 11.6 Å². The summed E-state index contributed by atoms with van der Waals surface area (Å²) in [5.41, 5.74) is 0.853. The Hall–Kier alpha value is -2.90. The number of barbiturate groups is 1. The van der Waals surface area contributed by atoms with E-state index in [-0.39, 0.29) is 0 Å². The number of quaternary nitrogens is 1. The SMILES string of the molecule is CC=C([NH2+]Cc1ccco1)C1C(=O)NC(=O)N(c2ccc(Cl)cc2)C1=O. The summed E-state index contributed by atoms with van der Waals surface area (Å²) in [4.78, 5) is 38.4. The number of carbonyl (C=O) groups is 3. The summed E-state index contributed by atoms with van der Waals surface area (Å²) in [6.07, 6.45) is 3.23. The summed E-state index contributed by atoms with van der Waals surface area (Å²) in [5.74, 6) is -1.65. The number of imide groups is 2. The van der Waals surface area contributed by atoms with Crippen LogP contribution in [0.2, 0.25) is 5.02 Å². The van der Waals surface area contributed by atoms with E-state index in [0.717, 1.165) is 4.90 Å². The summed E-state index contributed by atoms with van der Waals surface area (Å²) in [6, 6.07) is 9.03. The fraction of sp³-hybridized carbons (Fsp3) is 0.167. The predicted molar refractivity (Wildman–Crippen MR) is 94.1 cm³/mol. The quantitative estimate of drug-likeness (QED) is 0.780. The van der Waals surface area contributed by atoms with E-state index < -0.39 is 23.8 Å². The predicted octanol–water partition coefficient (Wildman–Crippen LogP) is 1.80. The molecule has 1 fully saturated rings. The smallest absolute Gasteiger partial charge is 0.335 e. The summed E-state index contributed by atoms with van der Waals surface area (Å²) >= 11 is 5.86. The summed E-state index contributed by atoms with van der Waals surface area (Å²) in [7, 11) is 0. The molecular weight excluding hydrogens is 358 g/mol. The highest BCUT2D eigenvalue weighted by Gasteiger charge is 2.45. The normalized spacial score (nSPS) is 18.2. The molecule has 134 valence electrons. The molecule has 1 aromatic heterocycles. The van der Waals surface area contributed by atoms with E-state index in [2.05, 4.69) is 5.32 Å². The van der Waals surface area contributed by atoms with Crippen LogP contribution in [0.4, 0.5) is 10.5 Å². The van der Waals surface area contributed by atoms with Gasteiger partial charge in [-0.25, -0.2) is 9.69 Å². The average molecular weight is 375 g/mol. The Morgan fingerprint density at radius 1 is 1.27 bits per heavy atom. The molecule has 0 aliphatic carbocycles. The molecule has 7 nitrogen and oxygen atoms in total. The fourth-order valence-corrected chi connectivity index (χ4v) is 2.88. The third kappa shape index (κ3) is 3.54. The van der Waals surface area contributed by atoms with Crippen LogP contribution in [0.1, 0.15) is 12.7 Å². The minimum atomic E-state index is -1.11. The number of amides is 4. The number of rotatable bonds is 5. The minimum absolute atomic E-state index is 0.343. The highest BCUT2D eigenvalue weighted by atomic mass is 35.5. The topological polar surface area (TPSA) is 96.2 Å². The number of nitrogens with zero attached hydrogens (tertiary/aromatic N) is 1. The van der Waals surface area contributed by atoms with Crippen molar-refractivity contribution in [1.82, 2.24) is 5.32 Å². The van der Waals surface area contributed by atoms with Gasteiger partial charge in [-0.05, 0) is 49.4 Å². The first-order valence-corrected chi connectivity index (χ1v) is 8.35. The molecule has 2 heterocycles. The van der Waals surface area contributed by atoms with Crippen LogP contribution in [-0.4, -0.2) is 17.8 Å². The molecule has 1 saturated heterocycles. The number of hydrogen-bond donors (Lipinski definition) is 2. The molecule has 3 N–H and O–H groups in total. The Labute approximate surface area is 154 Å². The van der Waals surface area contributed by atoms with Gasteiger partial charge in [-0.1, -0.05) is 11.6 Å². The highest BCUT2D eigenvalue weighted by Crippen LogP contribution is 2.24. The Kier molecular flexibility index (Phi) is 5.20. The van der Waals surface area contributed by atoms with Gasteiger partial charge in [-0.2, -0.15) is 0 Å². The molecule has 4 amide bonds. The lowest BCUT2D eigenvalue weighted by Crippen LogP contribution is -2.83. The van der Waals surface area contributed by atoms with Crippen LogP contribution in [0, 0.1) is 5.92 Å². The fourth-order valence-electron chi connectivity index (χ4n) is 2.75. The Morgan fingerprint density at radius 2 is 2.00 bits per heavy atom. The standard InChI is InChI=1S/C18H16ClN3O4/c1-2-14(20-10-13-4-3-9-26-13)15-16(23)21-18(25)22(17(15)24)12-7-5-11(19)6-8-12/h2-9,15,20H,10H2,1H3,(H,21,23,25)/p+1. The zero-order valence-electron chi connectivity index (χ0n) is 13.9. The first kappa shape index (κ1) is 17.9. The molecule has 1 aliphatic heterocycles. The van der Waals surface area contributed by atoms with Crippen LogP contribution in [0.3, 0.4) is 0 Å². The number of halogens is 1. The average Bonchev–Trinajstić information content (AvgIpc) is 3.12. The van der Waals surface area contributed by atoms with Gasteiger partial charge in [0, 0.05) is 5.02 Å². The second-order valence-electron chi connectivity index (χ2n) is 5.65. The third-order valence-corrected chi connectivity index (χ3v) is 4.29. The third-order valence-electron chi connectivity index (χ3n) is 4.03. The molecule has 26 heavy (non-hydrogen) atoms. The van der Waals surface area contributed by atoms with Crippen molar-refractivity contribution in [3.05, 3.63) is 65.2 Å². The van der Waals surface area contributed by atoms with Crippen LogP contribution in [-0.2, 0) is 16.1 Å². The number of nitrogens with two attached hydrogens (primary N) is 1. The Balaban J connectivity index is 1.85. The van der Waals surface area contributed by atoms with Crippen molar-refractivity contribution >= 4 is 35.1 Å². The number of anilines is 1. The number of carbonyl (C=O) groups excluding carboxylic acids is 3. The molecule has 8 heteroatoms. The van der Waals surface area contributed by atoms with E-state index in [1.165, 1.54) is 0 Å². The first-order valence-electron chi connectivity index (χ1n) is 7.97. The molecule has 2 aromatic rings. The number of hydrogen-bond acceptors (Lipinski definition) is 4. The molecular formula is C18H17ClN3O4+. The molecule has 0 saturated carbocycles. The lowest BCUT2D eigenvalue weighted by molar-refractivity contribution is -0.628. The molecule has 0 radical (unpaired) electrons. The van der Waals surface area contributed by atoms with Crippen molar-refractivity contribution in [2.24, 2.45) is 5.92 Å². The Morgan fingerprint density at radius 3 is 2.62 bits per heavy atom. The van der Waals surface area contributed by atoms with Gasteiger partial charge >= 0.3 is 6.03 Å². The number of benzene rings is 1. The van der Waals surface area contributed by atoms with Gasteiger partial charge in [0.15, 0.2) is 11.7 Å². The van der Waals surface area contributed by atoms with E-state index in [0.29, 0.717) is 28.7 Å². The van der Waals surface area contributed by atoms with Crippen molar-refractivity contribution in [2.75, 3.05) is 4.90 Å². The largest absolute Gasteiger partial charge is 0.463 e. The van der Waals surface area contributed by atoms with Gasteiger partial charge in [0.05, 0.1) is 12.0 Å². The van der Waals surface area contributed by atoms with Gasteiger partial charge < -0.3 is 9.73 Å². The molecule has 3 rings (SSSR count). The summed E-state index contributed by atoms with van der Waals surface area (Å²) < 4.78 is 5.27. The van der Waals surface area contributed by atoms with Crippen molar-refractivity contribution in [1.29, 1.82) is 0 Å². The van der Waals surface area contributed by atoms with Gasteiger partial charge in [0.2, 0.25) is 0 Å². The zero-order valence-corrected chi connectivity index (χ0v) is 14.7. The monoisotopic (exact) mass is 374 g/mol. The summed E-state index contributed by atoms with van der Waals surface area (Å²) in [5, 5.41) is 4.47. The molecule has 1 aromatic carbocycles. The second kappa shape index (κ2) is 7.55. The number of nitrogens with one attached hydrogen (secondary N) is 1. The van der Waals surface area contributed by atoms with Gasteiger partial charge in [0.25, 0.3) is 11.8 Å². The number of urea groups is 1. The molecule has 1 unspecified atom stereocenters. The molecule has 0 bridgehead atoms. The van der Waals surface area contributed by atoms with Crippen LogP contribution in [0.25, 0.3) is 0 Å². The van der Waals surface area contributed by atoms with E-state index in [4.69, 9.17) is 16.0 Å². The van der Waals surface area contributed by atoms with Gasteiger partial charge in [-0.3, -0.25) is 14.9 Å². The van der Waals surface area contributed by atoms with Gasteiger partial charge in [-0.15, -0.1) is 0 Å². The Bertz CT molecular complexity index is 859. The molecule has 0 spiro atoms. The number of allylic oxidation sites excluding steroid dienone is 1. The van der Waals surface area contributed by atoms with E-state index in [1.54, 1.807) is 61.0 Å². The van der Waals surface area contributed by atoms with Crippen molar-refractivity contribution in [3.8, 4) is 0 Å². The van der Waals surface area contributed by atoms with E-state index >= 15 is 0 Å². The first-order chi connectivity index (χ1) is 12.5. The summed E-state index contributed by atoms with van der Waals surface area (Å²) in [6.45, 7) is 2.16. The maximum Gasteiger partial charge on any atom is 0.335 e. The minimum Gasteiger partial charge on any atom is -0.463 e. The van der Waals surface area contributed by atoms with Crippen LogP contribution in [0.5, 0.6) is 0 Å². The van der Waals surface area contributed by atoms with Crippen LogP contribution in [0.15, 0.2) is 58.9 Å². The number of furan rings is 1. The molecule has 1 atom stereocenters.